The summed E-state index contributed by atoms with van der Waals surface area (Å²) in [6, 6.07) is 13.0. The summed E-state index contributed by atoms with van der Waals surface area (Å²) < 4.78 is 29.1. The first-order valence-corrected chi connectivity index (χ1v) is 11.6. The van der Waals surface area contributed by atoms with E-state index in [0.717, 1.165) is 22.0 Å². The fraction of sp³-hybridized carbons (Fsp3) is 0.316. The summed E-state index contributed by atoms with van der Waals surface area (Å²) in [5.41, 5.74) is 0.838. The molecule has 0 aromatic heterocycles. The van der Waals surface area contributed by atoms with Crippen molar-refractivity contribution >= 4 is 50.1 Å². The van der Waals surface area contributed by atoms with Crippen molar-refractivity contribution in [2.45, 2.75) is 36.7 Å². The summed E-state index contributed by atoms with van der Waals surface area (Å²) in [4.78, 5) is 12.7. The van der Waals surface area contributed by atoms with Gasteiger partial charge in [-0.05, 0) is 83.8 Å². The molecule has 1 N–H and O–H groups in total. The van der Waals surface area contributed by atoms with Crippen molar-refractivity contribution in [1.29, 1.82) is 0 Å². The van der Waals surface area contributed by atoms with Crippen molar-refractivity contribution in [3.63, 3.8) is 0 Å². The summed E-state index contributed by atoms with van der Waals surface area (Å²) in [6.45, 7) is 0.716. The molecule has 0 aliphatic carbocycles. The van der Waals surface area contributed by atoms with Gasteiger partial charge in [-0.2, -0.15) is 4.31 Å². The van der Waals surface area contributed by atoms with Crippen LogP contribution in [0.1, 0.15) is 24.8 Å². The average Bonchev–Trinajstić information content (AvgIpc) is 2.86. The van der Waals surface area contributed by atoms with Gasteiger partial charge in [0.15, 0.2) is 0 Å². The van der Waals surface area contributed by atoms with Crippen LogP contribution in [0.4, 0.5) is 0 Å². The Bertz CT molecular complexity index is 902. The molecule has 0 unspecified atom stereocenters. The van der Waals surface area contributed by atoms with E-state index in [4.69, 9.17) is 11.6 Å². The molecule has 27 heavy (non-hydrogen) atoms. The zero-order chi connectivity index (χ0) is 19.4. The van der Waals surface area contributed by atoms with Crippen molar-refractivity contribution in [3.8, 4) is 0 Å². The second-order valence-electron chi connectivity index (χ2n) is 6.43. The summed E-state index contributed by atoms with van der Waals surface area (Å²) >= 11 is 8.11. The lowest BCUT2D eigenvalue weighted by molar-refractivity contribution is -0.124. The molecule has 3 rings (SSSR count). The lowest BCUT2D eigenvalue weighted by Crippen LogP contribution is -2.48. The molecule has 1 amide bonds. The number of sulfonamides is 1. The van der Waals surface area contributed by atoms with Crippen LogP contribution in [0.25, 0.3) is 0 Å². The zero-order valence-electron chi connectivity index (χ0n) is 14.6. The maximum Gasteiger partial charge on any atom is 0.244 e. The fourth-order valence-corrected chi connectivity index (χ4v) is 5.16. The Morgan fingerprint density at radius 2 is 1.74 bits per heavy atom. The van der Waals surface area contributed by atoms with Gasteiger partial charge in [-0.25, -0.2) is 8.42 Å². The van der Waals surface area contributed by atoms with Gasteiger partial charge in [-0.1, -0.05) is 23.7 Å². The summed E-state index contributed by atoms with van der Waals surface area (Å²) in [7, 11) is -3.86. The van der Waals surface area contributed by atoms with E-state index in [1.165, 1.54) is 16.4 Å². The largest absolute Gasteiger partial charge is 0.355 e. The van der Waals surface area contributed by atoms with Crippen LogP contribution in [0.5, 0.6) is 0 Å². The van der Waals surface area contributed by atoms with Crippen molar-refractivity contribution in [2.24, 2.45) is 0 Å². The quantitative estimate of drug-likeness (QED) is 0.612. The normalized spacial score (nSPS) is 18.2. The predicted molar refractivity (Wildman–Crippen MR) is 114 cm³/mol. The van der Waals surface area contributed by atoms with Gasteiger partial charge in [0.2, 0.25) is 15.9 Å². The number of hydrogen-bond acceptors (Lipinski definition) is 3. The number of rotatable bonds is 5. The predicted octanol–water partition coefficient (Wildman–Crippen LogP) is 3.80. The highest BCUT2D eigenvalue weighted by Gasteiger charge is 2.36. The second kappa shape index (κ2) is 8.89. The number of halogens is 2. The fourth-order valence-electron chi connectivity index (χ4n) is 3.07. The zero-order valence-corrected chi connectivity index (χ0v) is 18.3. The molecule has 5 nitrogen and oxygen atoms in total. The van der Waals surface area contributed by atoms with Crippen LogP contribution in [0, 0.1) is 3.57 Å². The molecule has 1 heterocycles. The molecule has 8 heteroatoms. The summed E-state index contributed by atoms with van der Waals surface area (Å²) in [5.74, 6) is -0.240. The van der Waals surface area contributed by atoms with E-state index in [1.807, 2.05) is 24.3 Å². The lowest BCUT2D eigenvalue weighted by Gasteiger charge is -2.29. The average molecular weight is 519 g/mol. The Hall–Kier alpha value is -1.16. The van der Waals surface area contributed by atoms with Crippen LogP contribution in [0.2, 0.25) is 5.02 Å². The maximum atomic E-state index is 13.4. The first kappa shape index (κ1) is 20.6. The van der Waals surface area contributed by atoms with E-state index in [2.05, 4.69) is 27.9 Å². The molecule has 1 aliphatic rings. The Morgan fingerprint density at radius 3 is 2.41 bits per heavy atom. The molecular weight excluding hydrogens is 499 g/mol. The molecular formula is C19H20ClIN2O3S. The lowest BCUT2D eigenvalue weighted by atomic mass is 10.1. The van der Waals surface area contributed by atoms with Crippen LogP contribution >= 0.6 is 34.2 Å². The van der Waals surface area contributed by atoms with Gasteiger partial charge in [-0.3, -0.25) is 4.79 Å². The number of carbonyl (C=O) groups is 1. The van der Waals surface area contributed by atoms with Crippen LogP contribution in [-0.2, 0) is 21.4 Å². The Labute approximate surface area is 178 Å². The van der Waals surface area contributed by atoms with E-state index in [-0.39, 0.29) is 17.3 Å². The summed E-state index contributed by atoms with van der Waals surface area (Å²) in [5, 5.41) is 3.30. The van der Waals surface area contributed by atoms with Crippen LogP contribution < -0.4 is 5.32 Å². The van der Waals surface area contributed by atoms with Crippen molar-refractivity contribution in [1.82, 2.24) is 9.62 Å². The van der Waals surface area contributed by atoms with Gasteiger partial charge in [0.25, 0.3) is 0 Å². The van der Waals surface area contributed by atoms with Gasteiger partial charge in [0.1, 0.15) is 6.04 Å². The number of hydrogen-bond donors (Lipinski definition) is 1. The summed E-state index contributed by atoms with van der Waals surface area (Å²) in [6.07, 6.45) is 2.15. The van der Waals surface area contributed by atoms with Crippen molar-refractivity contribution in [2.75, 3.05) is 6.54 Å². The Kier molecular flexibility index (Phi) is 6.78. The van der Waals surface area contributed by atoms with Gasteiger partial charge in [0, 0.05) is 21.7 Å². The molecule has 0 saturated carbocycles. The SMILES string of the molecule is O=C1NCCCC[C@H]1N(Cc1ccc(I)cc1)S(=O)(=O)c1ccc(Cl)cc1. The third kappa shape index (κ3) is 5.01. The molecule has 0 bridgehead atoms. The maximum absolute atomic E-state index is 13.4. The molecule has 1 saturated heterocycles. The number of benzene rings is 2. The molecule has 1 atom stereocenters. The molecule has 2 aromatic rings. The first-order valence-electron chi connectivity index (χ1n) is 8.67. The molecule has 144 valence electrons. The number of nitrogens with one attached hydrogen (secondary N) is 1. The first-order chi connectivity index (χ1) is 12.9. The van der Waals surface area contributed by atoms with Crippen LogP contribution in [-0.4, -0.2) is 31.2 Å². The number of nitrogens with zero attached hydrogens (tertiary/aromatic N) is 1. The molecule has 0 spiro atoms. The Morgan fingerprint density at radius 1 is 1.07 bits per heavy atom. The topological polar surface area (TPSA) is 66.5 Å². The third-order valence-electron chi connectivity index (χ3n) is 4.53. The minimum absolute atomic E-state index is 0.134. The minimum atomic E-state index is -3.86. The van der Waals surface area contributed by atoms with Gasteiger partial charge in [-0.15, -0.1) is 0 Å². The minimum Gasteiger partial charge on any atom is -0.355 e. The van der Waals surface area contributed by atoms with E-state index in [9.17, 15) is 13.2 Å². The van der Waals surface area contributed by atoms with E-state index in [0.29, 0.717) is 18.0 Å². The van der Waals surface area contributed by atoms with E-state index >= 15 is 0 Å². The monoisotopic (exact) mass is 518 g/mol. The highest BCUT2D eigenvalue weighted by molar-refractivity contribution is 14.1. The van der Waals surface area contributed by atoms with E-state index in [1.54, 1.807) is 12.1 Å². The molecule has 1 aliphatic heterocycles. The van der Waals surface area contributed by atoms with Crippen LogP contribution in [0.15, 0.2) is 53.4 Å². The van der Waals surface area contributed by atoms with Gasteiger partial charge < -0.3 is 5.32 Å². The Balaban J connectivity index is 2.01. The van der Waals surface area contributed by atoms with Gasteiger partial charge in [0.05, 0.1) is 4.90 Å². The number of carbonyl (C=O) groups excluding carboxylic acids is 1. The van der Waals surface area contributed by atoms with Crippen LogP contribution in [0.3, 0.4) is 0 Å². The molecule has 1 fully saturated rings. The standard InChI is InChI=1S/C19H20ClIN2O3S/c20-15-6-10-17(11-7-15)27(25,26)23(13-14-4-8-16(21)9-5-14)18-3-1-2-12-22-19(18)24/h4-11,18H,1-3,12-13H2,(H,22,24)/t18-/m1/s1. The highest BCUT2D eigenvalue weighted by atomic mass is 127. The molecule has 0 radical (unpaired) electrons. The third-order valence-corrected chi connectivity index (χ3v) is 7.37. The second-order valence-corrected chi connectivity index (χ2v) is 10.0. The smallest absolute Gasteiger partial charge is 0.244 e. The molecule has 2 aromatic carbocycles. The van der Waals surface area contributed by atoms with Crippen molar-refractivity contribution in [3.05, 3.63) is 62.7 Å². The van der Waals surface area contributed by atoms with E-state index < -0.39 is 16.1 Å². The number of amides is 1. The van der Waals surface area contributed by atoms with Crippen molar-refractivity contribution < 1.29 is 13.2 Å². The van der Waals surface area contributed by atoms with Gasteiger partial charge >= 0.3 is 0 Å². The highest BCUT2D eigenvalue weighted by Crippen LogP contribution is 2.26.